The number of ether oxygens (including phenoxy) is 1. The van der Waals surface area contributed by atoms with E-state index in [0.29, 0.717) is 12.3 Å². The minimum absolute atomic E-state index is 0.150. The Morgan fingerprint density at radius 2 is 2.04 bits per heavy atom. The summed E-state index contributed by atoms with van der Waals surface area (Å²) in [5.74, 6) is -1.37. The van der Waals surface area contributed by atoms with E-state index in [9.17, 15) is 14.4 Å². The zero-order chi connectivity index (χ0) is 20.1. The molecule has 28 heavy (non-hydrogen) atoms. The summed E-state index contributed by atoms with van der Waals surface area (Å²) in [6.45, 7) is 0.494. The Bertz CT molecular complexity index is 899. The zero-order valence-electron chi connectivity index (χ0n) is 15.6. The van der Waals surface area contributed by atoms with Gasteiger partial charge in [-0.2, -0.15) is 0 Å². The van der Waals surface area contributed by atoms with Crippen molar-refractivity contribution in [3.8, 4) is 5.75 Å². The number of primary amides is 1. The van der Waals surface area contributed by atoms with E-state index in [4.69, 9.17) is 10.5 Å². The maximum absolute atomic E-state index is 12.8. The molecule has 1 aromatic carbocycles. The van der Waals surface area contributed by atoms with Gasteiger partial charge in [-0.3, -0.25) is 19.4 Å². The lowest BCUT2D eigenvalue weighted by Crippen LogP contribution is -2.44. The SMILES string of the molecule is COc1cccc([C@@H]2CCCCN2C(=O)C(=O)Nc2cncc(C(N)=O)c2)c1. The summed E-state index contributed by atoms with van der Waals surface area (Å²) in [6.07, 6.45) is 5.22. The van der Waals surface area contributed by atoms with Gasteiger partial charge in [0.05, 0.1) is 30.6 Å². The molecule has 3 N–H and O–H groups in total. The topological polar surface area (TPSA) is 115 Å². The molecule has 0 aliphatic carbocycles. The van der Waals surface area contributed by atoms with Gasteiger partial charge in [0.2, 0.25) is 5.91 Å². The number of hydrogen-bond donors (Lipinski definition) is 2. The highest BCUT2D eigenvalue weighted by atomic mass is 16.5. The number of nitrogens with one attached hydrogen (secondary N) is 1. The first kappa shape index (κ1) is 19.3. The molecule has 1 fully saturated rings. The number of aromatic nitrogens is 1. The third kappa shape index (κ3) is 4.28. The summed E-state index contributed by atoms with van der Waals surface area (Å²) in [5, 5.41) is 2.50. The largest absolute Gasteiger partial charge is 0.497 e. The van der Waals surface area contributed by atoms with Crippen molar-refractivity contribution in [1.29, 1.82) is 0 Å². The second kappa shape index (κ2) is 8.51. The molecular formula is C20H22N4O4. The number of benzene rings is 1. The third-order valence-electron chi connectivity index (χ3n) is 4.72. The maximum atomic E-state index is 12.8. The molecule has 2 heterocycles. The fraction of sp³-hybridized carbons (Fsp3) is 0.300. The van der Waals surface area contributed by atoms with Crippen molar-refractivity contribution in [1.82, 2.24) is 9.88 Å². The highest BCUT2D eigenvalue weighted by Gasteiger charge is 2.32. The summed E-state index contributed by atoms with van der Waals surface area (Å²) in [4.78, 5) is 42.0. The lowest BCUT2D eigenvalue weighted by atomic mass is 9.95. The van der Waals surface area contributed by atoms with Crippen LogP contribution in [0.5, 0.6) is 5.75 Å². The van der Waals surface area contributed by atoms with E-state index in [1.54, 1.807) is 12.0 Å². The molecule has 1 aliphatic rings. The molecule has 3 amide bonds. The molecule has 146 valence electrons. The number of rotatable bonds is 4. The van der Waals surface area contributed by atoms with E-state index in [0.717, 1.165) is 24.8 Å². The number of likely N-dealkylation sites (tertiary alicyclic amines) is 1. The molecule has 8 nitrogen and oxygen atoms in total. The molecule has 1 aliphatic heterocycles. The Labute approximate surface area is 162 Å². The van der Waals surface area contributed by atoms with Gasteiger partial charge in [-0.25, -0.2) is 0 Å². The van der Waals surface area contributed by atoms with Crippen LogP contribution in [0.3, 0.4) is 0 Å². The molecule has 0 bridgehead atoms. The number of carbonyl (C=O) groups excluding carboxylic acids is 3. The van der Waals surface area contributed by atoms with E-state index < -0.39 is 17.7 Å². The summed E-state index contributed by atoms with van der Waals surface area (Å²) >= 11 is 0. The first-order valence-electron chi connectivity index (χ1n) is 9.00. The number of methoxy groups -OCH3 is 1. The van der Waals surface area contributed by atoms with Gasteiger partial charge in [0.15, 0.2) is 0 Å². The predicted octanol–water partition coefficient (Wildman–Crippen LogP) is 1.88. The normalized spacial score (nSPS) is 16.3. The van der Waals surface area contributed by atoms with Crippen LogP contribution in [0.15, 0.2) is 42.7 Å². The van der Waals surface area contributed by atoms with Crippen LogP contribution in [0.1, 0.15) is 41.2 Å². The predicted molar refractivity (Wildman–Crippen MR) is 103 cm³/mol. The highest BCUT2D eigenvalue weighted by Crippen LogP contribution is 2.32. The van der Waals surface area contributed by atoms with Crippen molar-refractivity contribution in [2.75, 3.05) is 19.0 Å². The highest BCUT2D eigenvalue weighted by molar-refractivity contribution is 6.39. The molecule has 0 spiro atoms. The molecule has 0 saturated carbocycles. The molecule has 2 aromatic rings. The number of piperidine rings is 1. The Morgan fingerprint density at radius 3 is 2.79 bits per heavy atom. The number of anilines is 1. The average Bonchev–Trinajstić information content (AvgIpc) is 2.73. The average molecular weight is 382 g/mol. The minimum Gasteiger partial charge on any atom is -0.497 e. The summed E-state index contributed by atoms with van der Waals surface area (Å²) < 4.78 is 5.27. The quantitative estimate of drug-likeness (QED) is 0.784. The van der Waals surface area contributed by atoms with Crippen LogP contribution in [0, 0.1) is 0 Å². The van der Waals surface area contributed by atoms with Crippen LogP contribution in [0.25, 0.3) is 0 Å². The number of nitrogens with zero attached hydrogens (tertiary/aromatic N) is 2. The molecule has 1 saturated heterocycles. The zero-order valence-corrected chi connectivity index (χ0v) is 15.6. The van der Waals surface area contributed by atoms with Gasteiger partial charge in [0, 0.05) is 12.7 Å². The Kier molecular flexibility index (Phi) is 5.88. The lowest BCUT2D eigenvalue weighted by molar-refractivity contribution is -0.145. The number of hydrogen-bond acceptors (Lipinski definition) is 5. The summed E-state index contributed by atoms with van der Waals surface area (Å²) in [7, 11) is 1.59. The Morgan fingerprint density at radius 1 is 1.21 bits per heavy atom. The molecule has 1 aromatic heterocycles. The van der Waals surface area contributed by atoms with Gasteiger partial charge in [-0.1, -0.05) is 12.1 Å². The van der Waals surface area contributed by atoms with Crippen molar-refractivity contribution in [3.63, 3.8) is 0 Å². The number of nitrogens with two attached hydrogens (primary N) is 1. The van der Waals surface area contributed by atoms with Crippen LogP contribution in [-0.2, 0) is 9.59 Å². The molecular weight excluding hydrogens is 360 g/mol. The maximum Gasteiger partial charge on any atom is 0.313 e. The third-order valence-corrected chi connectivity index (χ3v) is 4.72. The van der Waals surface area contributed by atoms with E-state index in [2.05, 4.69) is 10.3 Å². The molecule has 0 unspecified atom stereocenters. The molecule has 8 heteroatoms. The van der Waals surface area contributed by atoms with E-state index in [1.165, 1.54) is 18.5 Å². The minimum atomic E-state index is -0.779. The van der Waals surface area contributed by atoms with Crippen molar-refractivity contribution >= 4 is 23.4 Å². The van der Waals surface area contributed by atoms with E-state index in [1.807, 2.05) is 24.3 Å². The van der Waals surface area contributed by atoms with Crippen molar-refractivity contribution in [3.05, 3.63) is 53.9 Å². The van der Waals surface area contributed by atoms with Crippen LogP contribution < -0.4 is 15.8 Å². The van der Waals surface area contributed by atoms with Crippen LogP contribution in [0.2, 0.25) is 0 Å². The number of pyridine rings is 1. The van der Waals surface area contributed by atoms with Gasteiger partial charge >= 0.3 is 11.8 Å². The fourth-order valence-electron chi connectivity index (χ4n) is 3.33. The molecule has 0 radical (unpaired) electrons. The smallest absolute Gasteiger partial charge is 0.313 e. The van der Waals surface area contributed by atoms with Crippen molar-refractivity contribution < 1.29 is 19.1 Å². The van der Waals surface area contributed by atoms with Gasteiger partial charge in [0.1, 0.15) is 5.75 Å². The number of carbonyl (C=O) groups is 3. The van der Waals surface area contributed by atoms with Crippen LogP contribution >= 0.6 is 0 Å². The lowest BCUT2D eigenvalue weighted by Gasteiger charge is -2.35. The second-order valence-corrected chi connectivity index (χ2v) is 6.57. The molecule has 3 rings (SSSR count). The van der Waals surface area contributed by atoms with Gasteiger partial charge < -0.3 is 20.7 Å². The van der Waals surface area contributed by atoms with E-state index >= 15 is 0 Å². The Balaban J connectivity index is 1.77. The van der Waals surface area contributed by atoms with Crippen molar-refractivity contribution in [2.45, 2.75) is 25.3 Å². The van der Waals surface area contributed by atoms with Crippen molar-refractivity contribution in [2.24, 2.45) is 5.73 Å². The van der Waals surface area contributed by atoms with E-state index in [-0.39, 0.29) is 17.3 Å². The summed E-state index contributed by atoms with van der Waals surface area (Å²) in [5.41, 5.74) is 6.54. The summed E-state index contributed by atoms with van der Waals surface area (Å²) in [6, 6.07) is 8.70. The first-order chi connectivity index (χ1) is 13.5. The monoisotopic (exact) mass is 382 g/mol. The fourth-order valence-corrected chi connectivity index (χ4v) is 3.33. The van der Waals surface area contributed by atoms with Crippen LogP contribution in [0.4, 0.5) is 5.69 Å². The number of amides is 3. The standard InChI is InChI=1S/C20H22N4O4/c1-28-16-6-4-5-13(10-16)17-7-2-3-8-24(17)20(27)19(26)23-15-9-14(18(21)25)11-22-12-15/h4-6,9-12,17H,2-3,7-8H2,1H3,(H2,21,25)(H,23,26)/t17-/m0/s1. The molecule has 1 atom stereocenters. The Hall–Kier alpha value is -3.42. The van der Waals surface area contributed by atoms with Gasteiger partial charge in [-0.15, -0.1) is 0 Å². The van der Waals surface area contributed by atoms with Crippen LogP contribution in [-0.4, -0.2) is 41.3 Å². The second-order valence-electron chi connectivity index (χ2n) is 6.57. The first-order valence-corrected chi connectivity index (χ1v) is 9.00. The van der Waals surface area contributed by atoms with Gasteiger partial charge in [-0.05, 0) is 43.0 Å². The van der Waals surface area contributed by atoms with Gasteiger partial charge in [0.25, 0.3) is 0 Å².